The number of pyridine rings is 1. The van der Waals surface area contributed by atoms with Crippen molar-refractivity contribution in [2.24, 2.45) is 0 Å². The lowest BCUT2D eigenvalue weighted by molar-refractivity contribution is 0.0531. The predicted molar refractivity (Wildman–Crippen MR) is 80.0 cm³/mol. The Balaban J connectivity index is 1.76. The second-order valence-corrected chi connectivity index (χ2v) is 6.03. The summed E-state index contributed by atoms with van der Waals surface area (Å²) < 4.78 is 8.11. The Morgan fingerprint density at radius 1 is 1.45 bits per heavy atom. The first-order valence-electron chi connectivity index (χ1n) is 7.31. The molecule has 20 heavy (non-hydrogen) atoms. The van der Waals surface area contributed by atoms with Crippen LogP contribution in [0.2, 0.25) is 0 Å². The lowest BCUT2D eigenvalue weighted by atomic mass is 10.3. The number of nitrogens with zero attached hydrogens (tertiary/aromatic N) is 3. The molecule has 1 aliphatic rings. The van der Waals surface area contributed by atoms with Crippen molar-refractivity contribution < 1.29 is 4.74 Å². The first kappa shape index (κ1) is 13.8. The molecule has 2 aromatic rings. The molecule has 1 fully saturated rings. The van der Waals surface area contributed by atoms with Crippen molar-refractivity contribution in [3.05, 3.63) is 24.3 Å². The van der Waals surface area contributed by atoms with Gasteiger partial charge < -0.3 is 9.30 Å². The molecule has 1 unspecified atom stereocenters. The molecule has 108 valence electrons. The smallest absolute Gasteiger partial charge is 0.127 e. The minimum Gasteiger partial charge on any atom is -0.376 e. The Bertz CT molecular complexity index is 576. The normalized spacial score (nSPS) is 17.9. The van der Waals surface area contributed by atoms with Crippen LogP contribution in [0.15, 0.2) is 18.5 Å². The largest absolute Gasteiger partial charge is 0.376 e. The quantitative estimate of drug-likeness (QED) is 0.789. The number of rotatable bonds is 5. The summed E-state index contributed by atoms with van der Waals surface area (Å²) in [6.45, 7) is 3.46. The van der Waals surface area contributed by atoms with Crippen LogP contribution in [-0.2, 0) is 11.3 Å². The number of fused-ring (bicyclic) bond motifs is 1. The molecule has 0 saturated heterocycles. The van der Waals surface area contributed by atoms with Gasteiger partial charge in [0.2, 0.25) is 0 Å². The fourth-order valence-corrected chi connectivity index (χ4v) is 3.07. The number of alkyl halides is 1. The van der Waals surface area contributed by atoms with Crippen LogP contribution in [0.1, 0.15) is 43.8 Å². The van der Waals surface area contributed by atoms with Crippen molar-refractivity contribution in [1.29, 1.82) is 0 Å². The van der Waals surface area contributed by atoms with Gasteiger partial charge in [0.15, 0.2) is 0 Å². The maximum absolute atomic E-state index is 6.24. The van der Waals surface area contributed by atoms with Crippen molar-refractivity contribution in [1.82, 2.24) is 14.5 Å². The van der Waals surface area contributed by atoms with Gasteiger partial charge in [-0.05, 0) is 25.8 Å². The van der Waals surface area contributed by atoms with Crippen LogP contribution < -0.4 is 0 Å². The average Bonchev–Trinajstić information content (AvgIpc) is 3.07. The molecule has 0 radical (unpaired) electrons. The Kier molecular flexibility index (Phi) is 4.22. The van der Waals surface area contributed by atoms with Gasteiger partial charge in [-0.2, -0.15) is 0 Å². The molecule has 1 aliphatic carbocycles. The van der Waals surface area contributed by atoms with Crippen LogP contribution in [-0.4, -0.2) is 27.2 Å². The fraction of sp³-hybridized carbons (Fsp3) is 0.600. The summed E-state index contributed by atoms with van der Waals surface area (Å²) in [4.78, 5) is 8.70. The summed E-state index contributed by atoms with van der Waals surface area (Å²) in [5, 5.41) is -0.117. The highest BCUT2D eigenvalue weighted by Gasteiger charge is 2.17. The minimum atomic E-state index is -0.117. The molecule has 1 atom stereocenters. The second-order valence-electron chi connectivity index (χ2n) is 5.38. The van der Waals surface area contributed by atoms with Crippen molar-refractivity contribution >= 4 is 22.6 Å². The number of halogens is 1. The molecule has 4 nitrogen and oxygen atoms in total. The zero-order valence-corrected chi connectivity index (χ0v) is 12.5. The predicted octanol–water partition coefficient (Wildman–Crippen LogP) is 3.69. The Morgan fingerprint density at radius 2 is 2.25 bits per heavy atom. The minimum absolute atomic E-state index is 0.117. The van der Waals surface area contributed by atoms with E-state index in [0.717, 1.165) is 30.0 Å². The number of aromatic nitrogens is 3. The van der Waals surface area contributed by atoms with Gasteiger partial charge in [-0.15, -0.1) is 11.6 Å². The van der Waals surface area contributed by atoms with Crippen LogP contribution in [0.5, 0.6) is 0 Å². The molecule has 3 rings (SSSR count). The molecule has 0 spiro atoms. The van der Waals surface area contributed by atoms with E-state index in [2.05, 4.69) is 14.5 Å². The van der Waals surface area contributed by atoms with E-state index in [1.54, 1.807) is 12.4 Å². The lowest BCUT2D eigenvalue weighted by Gasteiger charge is -2.14. The van der Waals surface area contributed by atoms with Crippen LogP contribution in [0.3, 0.4) is 0 Å². The molecule has 2 heterocycles. The fourth-order valence-electron chi connectivity index (χ4n) is 2.90. The number of ether oxygens (including phenoxy) is 1. The highest BCUT2D eigenvalue weighted by Crippen LogP contribution is 2.25. The average molecular weight is 294 g/mol. The second kappa shape index (κ2) is 6.10. The summed E-state index contributed by atoms with van der Waals surface area (Å²) in [5.74, 6) is 0.893. The van der Waals surface area contributed by atoms with Crippen LogP contribution in [0, 0.1) is 0 Å². The molecule has 0 aliphatic heterocycles. The summed E-state index contributed by atoms with van der Waals surface area (Å²) >= 11 is 6.24. The molecule has 1 saturated carbocycles. The van der Waals surface area contributed by atoms with Gasteiger partial charge in [0.05, 0.1) is 29.8 Å². The number of hydrogen-bond acceptors (Lipinski definition) is 3. The van der Waals surface area contributed by atoms with E-state index in [4.69, 9.17) is 16.3 Å². The highest BCUT2D eigenvalue weighted by atomic mass is 35.5. The molecular weight excluding hydrogens is 274 g/mol. The highest BCUT2D eigenvalue weighted by molar-refractivity contribution is 6.20. The molecule has 0 N–H and O–H groups in total. The third-order valence-corrected chi connectivity index (χ3v) is 4.10. The Labute approximate surface area is 124 Å². The van der Waals surface area contributed by atoms with E-state index in [-0.39, 0.29) is 5.38 Å². The van der Waals surface area contributed by atoms with Gasteiger partial charge in [0, 0.05) is 12.7 Å². The van der Waals surface area contributed by atoms with E-state index in [9.17, 15) is 0 Å². The molecule has 2 aromatic heterocycles. The number of hydrogen-bond donors (Lipinski definition) is 0. The van der Waals surface area contributed by atoms with Gasteiger partial charge in [-0.3, -0.25) is 4.98 Å². The maximum atomic E-state index is 6.24. The zero-order chi connectivity index (χ0) is 13.9. The van der Waals surface area contributed by atoms with Crippen molar-refractivity contribution in [3.63, 3.8) is 0 Å². The van der Waals surface area contributed by atoms with Crippen molar-refractivity contribution in [2.75, 3.05) is 6.61 Å². The third kappa shape index (κ3) is 2.81. The van der Waals surface area contributed by atoms with Crippen LogP contribution in [0.25, 0.3) is 11.0 Å². The molecule has 0 aromatic carbocycles. The molecule has 5 heteroatoms. The third-order valence-electron chi connectivity index (χ3n) is 3.91. The Morgan fingerprint density at radius 3 is 3.00 bits per heavy atom. The molecular formula is C15H20ClN3O. The molecule has 0 amide bonds. The van der Waals surface area contributed by atoms with E-state index < -0.39 is 0 Å². The topological polar surface area (TPSA) is 39.9 Å². The molecule has 0 bridgehead atoms. The van der Waals surface area contributed by atoms with Gasteiger partial charge >= 0.3 is 0 Å². The monoisotopic (exact) mass is 293 g/mol. The number of imidazole rings is 1. The summed E-state index contributed by atoms with van der Waals surface area (Å²) in [5.41, 5.74) is 1.98. The van der Waals surface area contributed by atoms with E-state index >= 15 is 0 Å². The van der Waals surface area contributed by atoms with Crippen molar-refractivity contribution in [3.8, 4) is 0 Å². The van der Waals surface area contributed by atoms with Gasteiger partial charge in [0.25, 0.3) is 0 Å². The van der Waals surface area contributed by atoms with Gasteiger partial charge in [0.1, 0.15) is 11.3 Å². The van der Waals surface area contributed by atoms with E-state index in [1.165, 1.54) is 25.7 Å². The first-order chi connectivity index (χ1) is 9.75. The maximum Gasteiger partial charge on any atom is 0.127 e. The van der Waals surface area contributed by atoms with Crippen LogP contribution >= 0.6 is 11.6 Å². The van der Waals surface area contributed by atoms with E-state index in [0.29, 0.717) is 6.10 Å². The van der Waals surface area contributed by atoms with E-state index in [1.807, 2.05) is 13.0 Å². The lowest BCUT2D eigenvalue weighted by Crippen LogP contribution is -2.14. The van der Waals surface area contributed by atoms with Crippen molar-refractivity contribution in [2.45, 2.75) is 50.6 Å². The first-order valence-corrected chi connectivity index (χ1v) is 7.75. The summed E-state index contributed by atoms with van der Waals surface area (Å²) in [6.07, 6.45) is 9.03. The summed E-state index contributed by atoms with van der Waals surface area (Å²) in [6, 6.07) is 1.99. The standard InChI is InChI=1S/C15H20ClN3O/c1-11(16)15-18-13-10-17-7-6-14(13)19(15)8-9-20-12-4-2-3-5-12/h6-7,10-12H,2-5,8-9H2,1H3. The summed E-state index contributed by atoms with van der Waals surface area (Å²) in [7, 11) is 0. The zero-order valence-electron chi connectivity index (χ0n) is 11.8. The Hall–Kier alpha value is -1.13. The van der Waals surface area contributed by atoms with Crippen LogP contribution in [0.4, 0.5) is 0 Å². The van der Waals surface area contributed by atoms with Gasteiger partial charge in [-0.1, -0.05) is 12.8 Å². The SMILES string of the molecule is CC(Cl)c1nc2cnccc2n1CCOC1CCCC1. The van der Waals surface area contributed by atoms with Gasteiger partial charge in [-0.25, -0.2) is 4.98 Å².